The lowest BCUT2D eigenvalue weighted by Gasteiger charge is -2.08. The maximum atomic E-state index is 11.4. The Bertz CT molecular complexity index is 458. The van der Waals surface area contributed by atoms with Crippen LogP contribution in [0.2, 0.25) is 0 Å². The van der Waals surface area contributed by atoms with E-state index in [0.717, 1.165) is 23.7 Å². The molecule has 1 aromatic carbocycles. The molecule has 0 saturated carbocycles. The molecule has 0 aliphatic carbocycles. The number of rotatable bonds is 6. The average Bonchev–Trinajstić information content (AvgIpc) is 2.47. The van der Waals surface area contributed by atoms with E-state index < -0.39 is 0 Å². The van der Waals surface area contributed by atoms with Crippen LogP contribution in [0.25, 0.3) is 0 Å². The highest BCUT2D eigenvalue weighted by Crippen LogP contribution is 2.17. The highest BCUT2D eigenvalue weighted by atomic mass is 79.9. The number of esters is 2. The van der Waals surface area contributed by atoms with Gasteiger partial charge in [-0.25, -0.2) is 4.79 Å². The molecule has 1 aromatic rings. The first-order valence-electron chi connectivity index (χ1n) is 7.44. The van der Waals surface area contributed by atoms with Gasteiger partial charge in [0.25, 0.3) is 0 Å². The molecule has 0 aromatic heterocycles. The summed E-state index contributed by atoms with van der Waals surface area (Å²) in [5.41, 5.74) is 0.566. The van der Waals surface area contributed by atoms with E-state index in [9.17, 15) is 9.59 Å². The normalized spacial score (nSPS) is 9.73. The van der Waals surface area contributed by atoms with Crippen LogP contribution in [0.4, 0.5) is 0 Å². The predicted molar refractivity (Wildman–Crippen MR) is 90.9 cm³/mol. The van der Waals surface area contributed by atoms with Gasteiger partial charge >= 0.3 is 11.9 Å². The Hall–Kier alpha value is -1.36. The summed E-state index contributed by atoms with van der Waals surface area (Å²) in [6.45, 7) is 5.76. The van der Waals surface area contributed by atoms with Crippen molar-refractivity contribution < 1.29 is 19.1 Å². The smallest absolute Gasteiger partial charge is 0.339 e. The molecule has 0 bridgehead atoms. The number of ether oxygens (including phenoxy) is 2. The number of unbranched alkanes of at least 4 members (excludes halogenated alkanes) is 2. The molecule has 0 radical (unpaired) electrons. The molecule has 0 aliphatic rings. The Morgan fingerprint density at radius 2 is 1.82 bits per heavy atom. The molecule has 0 amide bonds. The maximum Gasteiger partial charge on any atom is 0.339 e. The molecule has 0 N–H and O–H groups in total. The van der Waals surface area contributed by atoms with Crippen molar-refractivity contribution in [2.24, 2.45) is 0 Å². The number of carbonyl (C=O) groups excluding carboxylic acids is 2. The van der Waals surface area contributed by atoms with Crippen molar-refractivity contribution in [2.45, 2.75) is 52.6 Å². The van der Waals surface area contributed by atoms with Crippen molar-refractivity contribution in [3.63, 3.8) is 0 Å². The van der Waals surface area contributed by atoms with Gasteiger partial charge in [-0.2, -0.15) is 0 Å². The van der Waals surface area contributed by atoms with Crippen LogP contribution in [0.1, 0.15) is 56.8 Å². The molecule has 0 atom stereocenters. The standard InChI is InChI=1S/C10H11BrO2.C7H14O2/c1-7(2)13-10(12)8-5-3-4-6-9(8)11;1-3-4-5-6-7(8)9-2/h3-7H,1-2H3;3-6H2,1-2H3. The predicted octanol–water partition coefficient (Wildman–Crippen LogP) is 4.75. The van der Waals surface area contributed by atoms with Crippen LogP contribution in [-0.2, 0) is 14.3 Å². The largest absolute Gasteiger partial charge is 0.469 e. The summed E-state index contributed by atoms with van der Waals surface area (Å²) in [4.78, 5) is 21.9. The van der Waals surface area contributed by atoms with E-state index in [1.54, 1.807) is 6.07 Å². The molecular weight excluding hydrogens is 348 g/mol. The lowest BCUT2D eigenvalue weighted by molar-refractivity contribution is -0.140. The second-order valence-electron chi connectivity index (χ2n) is 4.97. The summed E-state index contributed by atoms with van der Waals surface area (Å²) >= 11 is 3.29. The number of halogens is 1. The van der Waals surface area contributed by atoms with Gasteiger partial charge in [0, 0.05) is 10.9 Å². The van der Waals surface area contributed by atoms with E-state index in [1.807, 2.05) is 32.0 Å². The van der Waals surface area contributed by atoms with Gasteiger partial charge in [-0.1, -0.05) is 31.9 Å². The van der Waals surface area contributed by atoms with Crippen molar-refractivity contribution >= 4 is 27.9 Å². The van der Waals surface area contributed by atoms with E-state index in [0.29, 0.717) is 12.0 Å². The third-order valence-electron chi connectivity index (χ3n) is 2.65. The number of benzene rings is 1. The number of hydrogen-bond donors (Lipinski definition) is 0. The highest BCUT2D eigenvalue weighted by molar-refractivity contribution is 9.10. The molecule has 4 nitrogen and oxygen atoms in total. The zero-order chi connectivity index (χ0) is 17.0. The van der Waals surface area contributed by atoms with E-state index in [4.69, 9.17) is 4.74 Å². The second-order valence-corrected chi connectivity index (χ2v) is 5.82. The Labute approximate surface area is 141 Å². The summed E-state index contributed by atoms with van der Waals surface area (Å²) in [6, 6.07) is 7.21. The first-order valence-corrected chi connectivity index (χ1v) is 8.24. The molecule has 0 fully saturated rings. The Morgan fingerprint density at radius 3 is 2.32 bits per heavy atom. The van der Waals surface area contributed by atoms with E-state index >= 15 is 0 Å². The molecule has 0 saturated heterocycles. The molecule has 0 unspecified atom stereocenters. The van der Waals surface area contributed by atoms with Gasteiger partial charge in [0.2, 0.25) is 0 Å². The monoisotopic (exact) mass is 372 g/mol. The lowest BCUT2D eigenvalue weighted by Crippen LogP contribution is -2.11. The summed E-state index contributed by atoms with van der Waals surface area (Å²) in [5.74, 6) is -0.383. The summed E-state index contributed by atoms with van der Waals surface area (Å²) < 4.78 is 10.3. The minimum atomic E-state index is -0.289. The van der Waals surface area contributed by atoms with Crippen LogP contribution in [0.3, 0.4) is 0 Å². The SMILES string of the molecule is CC(C)OC(=O)c1ccccc1Br.CCCCCC(=O)OC. The molecule has 22 heavy (non-hydrogen) atoms. The third-order valence-corrected chi connectivity index (χ3v) is 3.34. The minimum absolute atomic E-state index is 0.0837. The van der Waals surface area contributed by atoms with Crippen LogP contribution >= 0.6 is 15.9 Å². The third kappa shape index (κ3) is 9.55. The summed E-state index contributed by atoms with van der Waals surface area (Å²) in [7, 11) is 1.42. The zero-order valence-electron chi connectivity index (χ0n) is 13.7. The minimum Gasteiger partial charge on any atom is -0.469 e. The van der Waals surface area contributed by atoms with Gasteiger partial charge in [0.1, 0.15) is 0 Å². The Morgan fingerprint density at radius 1 is 1.18 bits per heavy atom. The van der Waals surface area contributed by atoms with Gasteiger partial charge < -0.3 is 9.47 Å². The van der Waals surface area contributed by atoms with E-state index in [2.05, 4.69) is 27.6 Å². The van der Waals surface area contributed by atoms with Gasteiger partial charge in [-0.15, -0.1) is 0 Å². The fourth-order valence-corrected chi connectivity index (χ4v) is 1.97. The molecule has 0 heterocycles. The van der Waals surface area contributed by atoms with E-state index in [1.165, 1.54) is 7.11 Å². The summed E-state index contributed by atoms with van der Waals surface area (Å²) in [6.07, 6.45) is 3.72. The van der Waals surface area contributed by atoms with Crippen LogP contribution in [0.15, 0.2) is 28.7 Å². The number of methoxy groups -OCH3 is 1. The van der Waals surface area contributed by atoms with Gasteiger partial charge in [-0.3, -0.25) is 4.79 Å². The summed E-state index contributed by atoms with van der Waals surface area (Å²) in [5, 5.41) is 0. The first kappa shape index (κ1) is 20.6. The van der Waals surface area contributed by atoms with Gasteiger partial charge in [0.05, 0.1) is 18.8 Å². The Kier molecular flexibility index (Phi) is 11.5. The first-order chi connectivity index (χ1) is 10.4. The maximum absolute atomic E-state index is 11.4. The van der Waals surface area contributed by atoms with Crippen molar-refractivity contribution in [3.05, 3.63) is 34.3 Å². The molecular formula is C17H25BrO4. The van der Waals surface area contributed by atoms with Crippen LogP contribution < -0.4 is 0 Å². The fraction of sp³-hybridized carbons (Fsp3) is 0.529. The van der Waals surface area contributed by atoms with Gasteiger partial charge in [0.15, 0.2) is 0 Å². The average molecular weight is 373 g/mol. The lowest BCUT2D eigenvalue weighted by atomic mass is 10.2. The molecule has 124 valence electrons. The zero-order valence-corrected chi connectivity index (χ0v) is 15.3. The van der Waals surface area contributed by atoms with Crippen molar-refractivity contribution in [1.29, 1.82) is 0 Å². The fourth-order valence-electron chi connectivity index (χ4n) is 1.53. The van der Waals surface area contributed by atoms with Crippen LogP contribution in [-0.4, -0.2) is 25.2 Å². The molecule has 5 heteroatoms. The molecule has 0 spiro atoms. The number of hydrogen-bond acceptors (Lipinski definition) is 4. The van der Waals surface area contributed by atoms with Crippen molar-refractivity contribution in [2.75, 3.05) is 7.11 Å². The van der Waals surface area contributed by atoms with E-state index in [-0.39, 0.29) is 18.0 Å². The molecule has 1 rings (SSSR count). The molecule has 0 aliphatic heterocycles. The van der Waals surface area contributed by atoms with Gasteiger partial charge in [-0.05, 0) is 48.3 Å². The second kappa shape index (κ2) is 12.2. The number of carbonyl (C=O) groups is 2. The van der Waals surface area contributed by atoms with Crippen LogP contribution in [0, 0.1) is 0 Å². The topological polar surface area (TPSA) is 52.6 Å². The quantitative estimate of drug-likeness (QED) is 0.533. The van der Waals surface area contributed by atoms with Crippen molar-refractivity contribution in [3.8, 4) is 0 Å². The Balaban J connectivity index is 0.000000433. The highest BCUT2D eigenvalue weighted by Gasteiger charge is 2.11. The van der Waals surface area contributed by atoms with Crippen LogP contribution in [0.5, 0.6) is 0 Å². The van der Waals surface area contributed by atoms with Crippen molar-refractivity contribution in [1.82, 2.24) is 0 Å².